The zero-order valence-electron chi connectivity index (χ0n) is 16.2. The molecule has 152 valence electrons. The number of hydrazone groups is 1. The third-order valence-electron chi connectivity index (χ3n) is 3.67. The fraction of sp³-hybridized carbons (Fsp3) is 0.0909. The van der Waals surface area contributed by atoms with E-state index in [1.165, 1.54) is 0 Å². The Morgan fingerprint density at radius 2 is 1.86 bits per heavy atom. The van der Waals surface area contributed by atoms with Gasteiger partial charge in [0.15, 0.2) is 11.5 Å². The molecule has 2 radical (unpaired) electrons. The maximum Gasteiger partial charge on any atom is 2.00 e. The zero-order valence-corrected chi connectivity index (χ0v) is 18.1. The molecule has 0 unspecified atom stereocenters. The molecular weight excluding hydrogens is 426 g/mol. The first kappa shape index (κ1) is 24.4. The SMILES string of the molecule is COc1ccc(/C(=C/C=C2C=CC=C2)N/N=C(\N)[S-])cc1OC.[CH]1[CH][CH-]C=C1.[Fe+2]. The maximum absolute atomic E-state index is 5.43. The second-order valence-electron chi connectivity index (χ2n) is 5.56. The number of allylic oxidation sites excluding steroid dienone is 9. The molecule has 0 aromatic heterocycles. The van der Waals surface area contributed by atoms with Gasteiger partial charge in [-0.3, -0.25) is 5.43 Å². The first-order valence-electron chi connectivity index (χ1n) is 8.56. The van der Waals surface area contributed by atoms with Gasteiger partial charge in [0.25, 0.3) is 0 Å². The van der Waals surface area contributed by atoms with Crippen LogP contribution in [0.2, 0.25) is 0 Å². The van der Waals surface area contributed by atoms with E-state index in [9.17, 15) is 0 Å². The molecule has 0 spiro atoms. The Kier molecular flexibility index (Phi) is 11.4. The summed E-state index contributed by atoms with van der Waals surface area (Å²) in [7, 11) is 3.19. The summed E-state index contributed by atoms with van der Waals surface area (Å²) in [5, 5.41) is 3.93. The number of benzene rings is 1. The molecule has 0 aliphatic heterocycles. The molecule has 2 aliphatic rings. The van der Waals surface area contributed by atoms with Crippen LogP contribution < -0.4 is 20.6 Å². The Labute approximate surface area is 189 Å². The standard InChI is InChI=1S/C17H19N3O2S.C5H5.Fe/c1-21-15-10-8-13(11-16(15)22-2)14(19-20-17(18)23)9-7-12-5-3-4-6-12;1-2-4-5-3-1;/h3-11,19H,1-2H3,(H3,18,20,23);1-5H;/q;-1;+2/p-1/b14-9-;;. The van der Waals surface area contributed by atoms with Crippen LogP contribution in [-0.4, -0.2) is 19.4 Å². The molecule has 3 rings (SSSR count). The van der Waals surface area contributed by atoms with Gasteiger partial charge in [0.1, 0.15) is 0 Å². The van der Waals surface area contributed by atoms with Crippen LogP contribution in [0.25, 0.3) is 5.70 Å². The van der Waals surface area contributed by atoms with E-state index in [0.29, 0.717) is 11.5 Å². The van der Waals surface area contributed by atoms with Crippen molar-refractivity contribution in [1.82, 2.24) is 5.43 Å². The zero-order chi connectivity index (χ0) is 20.2. The van der Waals surface area contributed by atoms with Crippen molar-refractivity contribution in [3.63, 3.8) is 0 Å². The summed E-state index contributed by atoms with van der Waals surface area (Å²) in [6.45, 7) is 0. The third-order valence-corrected chi connectivity index (χ3v) is 3.76. The summed E-state index contributed by atoms with van der Waals surface area (Å²) >= 11 is 4.78. The van der Waals surface area contributed by atoms with Gasteiger partial charge in [-0.2, -0.15) is 5.10 Å². The second-order valence-corrected chi connectivity index (χ2v) is 5.98. The summed E-state index contributed by atoms with van der Waals surface area (Å²) in [6.07, 6.45) is 21.8. The van der Waals surface area contributed by atoms with E-state index in [2.05, 4.69) is 10.5 Å². The fourth-order valence-corrected chi connectivity index (χ4v) is 2.36. The minimum Gasteiger partial charge on any atom is -0.741 e. The molecule has 0 atom stereocenters. The van der Waals surface area contributed by atoms with Crippen LogP contribution in [0, 0.1) is 19.3 Å². The van der Waals surface area contributed by atoms with Gasteiger partial charge in [-0.1, -0.05) is 30.4 Å². The monoisotopic (exact) mass is 449 g/mol. The fourth-order valence-electron chi connectivity index (χ4n) is 2.32. The van der Waals surface area contributed by atoms with Crippen LogP contribution in [-0.2, 0) is 29.7 Å². The van der Waals surface area contributed by atoms with Crippen molar-refractivity contribution in [1.29, 1.82) is 0 Å². The number of amidine groups is 1. The predicted octanol–water partition coefficient (Wildman–Crippen LogP) is 3.63. The molecule has 0 heterocycles. The van der Waals surface area contributed by atoms with Gasteiger partial charge in [0.2, 0.25) is 0 Å². The van der Waals surface area contributed by atoms with Crippen LogP contribution in [0.3, 0.4) is 0 Å². The Hall–Kier alpha value is -2.60. The molecule has 5 nitrogen and oxygen atoms in total. The number of ether oxygens (including phenoxy) is 2. The van der Waals surface area contributed by atoms with Crippen LogP contribution in [0.1, 0.15) is 5.56 Å². The molecule has 0 saturated carbocycles. The van der Waals surface area contributed by atoms with E-state index >= 15 is 0 Å². The molecule has 0 fully saturated rings. The number of nitrogens with zero attached hydrogens (tertiary/aromatic N) is 1. The molecule has 2 aliphatic carbocycles. The first-order valence-corrected chi connectivity index (χ1v) is 8.97. The van der Waals surface area contributed by atoms with E-state index in [4.69, 9.17) is 27.8 Å². The summed E-state index contributed by atoms with van der Waals surface area (Å²) < 4.78 is 10.6. The minimum absolute atomic E-state index is 0. The number of rotatable bonds is 6. The van der Waals surface area contributed by atoms with E-state index < -0.39 is 0 Å². The quantitative estimate of drug-likeness (QED) is 0.173. The average molecular weight is 449 g/mol. The van der Waals surface area contributed by atoms with Gasteiger partial charge >= 0.3 is 17.1 Å². The molecule has 0 amide bonds. The number of nitrogens with two attached hydrogens (primary N) is 1. The summed E-state index contributed by atoms with van der Waals surface area (Å²) in [5.74, 6) is 1.28. The molecule has 0 bridgehead atoms. The van der Waals surface area contributed by atoms with Gasteiger partial charge < -0.3 is 27.8 Å². The van der Waals surface area contributed by atoms with Gasteiger partial charge in [0.05, 0.1) is 19.9 Å². The van der Waals surface area contributed by atoms with E-state index in [-0.39, 0.29) is 22.2 Å². The van der Waals surface area contributed by atoms with Crippen LogP contribution in [0.4, 0.5) is 0 Å². The molecule has 1 aromatic carbocycles. The second kappa shape index (κ2) is 13.6. The number of methoxy groups -OCH3 is 2. The average Bonchev–Trinajstić information content (AvgIpc) is 3.44. The minimum atomic E-state index is 0. The summed E-state index contributed by atoms with van der Waals surface area (Å²) in [5.41, 5.74) is 11.0. The molecule has 3 N–H and O–H groups in total. The van der Waals surface area contributed by atoms with Crippen LogP contribution >= 0.6 is 0 Å². The summed E-state index contributed by atoms with van der Waals surface area (Å²) in [6, 6.07) is 5.58. The van der Waals surface area contributed by atoms with Crippen LogP contribution in [0.5, 0.6) is 11.5 Å². The molecule has 7 heteroatoms. The Morgan fingerprint density at radius 1 is 1.14 bits per heavy atom. The van der Waals surface area contributed by atoms with E-state index in [0.717, 1.165) is 16.8 Å². The van der Waals surface area contributed by atoms with Gasteiger partial charge in [-0.15, -0.1) is 12.8 Å². The maximum atomic E-state index is 5.43. The van der Waals surface area contributed by atoms with Gasteiger partial charge in [0, 0.05) is 5.56 Å². The number of hydrogen-bond acceptors (Lipinski definition) is 5. The number of nitrogens with one attached hydrogen (secondary N) is 1. The third kappa shape index (κ3) is 8.52. The van der Waals surface area contributed by atoms with Crippen molar-refractivity contribution >= 4 is 23.5 Å². The van der Waals surface area contributed by atoms with Gasteiger partial charge in [-0.05, 0) is 35.0 Å². The van der Waals surface area contributed by atoms with Crippen molar-refractivity contribution < 1.29 is 26.5 Å². The Balaban J connectivity index is 0.000000610. The van der Waals surface area contributed by atoms with Crippen molar-refractivity contribution in [3.05, 3.63) is 97.2 Å². The van der Waals surface area contributed by atoms with Gasteiger partial charge in [-0.25, -0.2) is 18.6 Å². The normalized spacial score (nSPS) is 14.5. The molecule has 0 saturated heterocycles. The molecular formula is C22H23FeN3O2S. The van der Waals surface area contributed by atoms with E-state index in [1.54, 1.807) is 14.2 Å². The summed E-state index contributed by atoms with van der Waals surface area (Å²) in [4.78, 5) is 0. The van der Waals surface area contributed by atoms with Crippen LogP contribution in [0.15, 0.2) is 77.5 Å². The molecule has 29 heavy (non-hydrogen) atoms. The van der Waals surface area contributed by atoms with E-state index in [1.807, 2.05) is 86.1 Å². The van der Waals surface area contributed by atoms with Crippen molar-refractivity contribution in [2.24, 2.45) is 10.8 Å². The first-order chi connectivity index (χ1) is 13.6. The van der Waals surface area contributed by atoms with Crippen molar-refractivity contribution in [2.75, 3.05) is 14.2 Å². The molecule has 1 aromatic rings. The smallest absolute Gasteiger partial charge is 0.741 e. The Bertz CT molecular complexity index is 818. The number of hydrogen-bond donors (Lipinski definition) is 2. The van der Waals surface area contributed by atoms with Crippen molar-refractivity contribution in [3.8, 4) is 11.5 Å². The topological polar surface area (TPSA) is 68.9 Å². The Morgan fingerprint density at radius 3 is 2.38 bits per heavy atom. The largest absolute Gasteiger partial charge is 2.00 e. The predicted molar refractivity (Wildman–Crippen MR) is 118 cm³/mol. The van der Waals surface area contributed by atoms with Crippen molar-refractivity contribution in [2.45, 2.75) is 0 Å².